The normalized spacial score (nSPS) is 20.9. The van der Waals surface area contributed by atoms with Crippen molar-refractivity contribution >= 4 is 11.8 Å². The zero-order chi connectivity index (χ0) is 13.1. The van der Waals surface area contributed by atoms with Gasteiger partial charge in [-0.05, 0) is 33.6 Å². The molecule has 17 heavy (non-hydrogen) atoms. The Morgan fingerprint density at radius 3 is 2.65 bits per heavy atom. The summed E-state index contributed by atoms with van der Waals surface area (Å²) in [4.78, 5) is 28.6. The molecule has 1 rings (SSSR count). The number of nitrogens with zero attached hydrogens (tertiary/aromatic N) is 2. The molecule has 0 amide bonds. The molecule has 1 saturated heterocycles. The van der Waals surface area contributed by atoms with Gasteiger partial charge in [0.15, 0.2) is 5.78 Å². The van der Waals surface area contributed by atoms with Crippen LogP contribution in [0.25, 0.3) is 0 Å². The van der Waals surface area contributed by atoms with E-state index in [1.807, 2.05) is 6.07 Å². The molecule has 5 nitrogen and oxygen atoms in total. The fourth-order valence-corrected chi connectivity index (χ4v) is 1.61. The summed E-state index contributed by atoms with van der Waals surface area (Å²) in [7, 11) is 0. The number of hydroxylamine groups is 2. The molecule has 1 atom stereocenters. The topological polar surface area (TPSA) is 70.4 Å². The summed E-state index contributed by atoms with van der Waals surface area (Å²) >= 11 is 0. The highest BCUT2D eigenvalue weighted by molar-refractivity contribution is 5.86. The van der Waals surface area contributed by atoms with Crippen LogP contribution in [0.1, 0.15) is 40.0 Å². The Morgan fingerprint density at radius 1 is 1.47 bits per heavy atom. The second-order valence-electron chi connectivity index (χ2n) is 5.23. The van der Waals surface area contributed by atoms with E-state index in [9.17, 15) is 9.59 Å². The molecule has 0 bridgehead atoms. The van der Waals surface area contributed by atoms with E-state index in [-0.39, 0.29) is 18.2 Å². The van der Waals surface area contributed by atoms with Crippen molar-refractivity contribution in [1.29, 1.82) is 5.26 Å². The van der Waals surface area contributed by atoms with Crippen molar-refractivity contribution in [3.8, 4) is 6.07 Å². The number of hydrogen-bond donors (Lipinski definition) is 0. The second kappa shape index (κ2) is 5.28. The molecule has 94 valence electrons. The van der Waals surface area contributed by atoms with Crippen molar-refractivity contribution in [2.45, 2.75) is 46.1 Å². The predicted octanol–water partition coefficient (Wildman–Crippen LogP) is 1.44. The number of carbonyl (C=O) groups is 2. The molecule has 0 N–H and O–H groups in total. The molecule has 1 heterocycles. The smallest absolute Gasteiger partial charge is 0.330 e. The fourth-order valence-electron chi connectivity index (χ4n) is 1.61. The van der Waals surface area contributed by atoms with E-state index in [4.69, 9.17) is 10.1 Å². The van der Waals surface area contributed by atoms with Gasteiger partial charge in [0.25, 0.3) is 0 Å². The van der Waals surface area contributed by atoms with E-state index in [1.165, 1.54) is 5.06 Å². The lowest BCUT2D eigenvalue weighted by molar-refractivity contribution is -0.203. The molecule has 0 aromatic rings. The molecular weight excluding hydrogens is 220 g/mol. The first-order valence-electron chi connectivity index (χ1n) is 5.75. The Balaban J connectivity index is 2.62. The molecule has 0 spiro atoms. The van der Waals surface area contributed by atoms with Crippen LogP contribution in [0.4, 0.5) is 0 Å². The number of ketones is 1. The third kappa shape index (κ3) is 3.53. The second-order valence-corrected chi connectivity index (χ2v) is 5.23. The van der Waals surface area contributed by atoms with Gasteiger partial charge in [-0.2, -0.15) is 5.26 Å². The summed E-state index contributed by atoms with van der Waals surface area (Å²) in [5, 5.41) is 9.92. The van der Waals surface area contributed by atoms with E-state index < -0.39 is 11.5 Å². The minimum atomic E-state index is -0.592. The predicted molar refractivity (Wildman–Crippen MR) is 60.5 cm³/mol. The molecule has 5 heteroatoms. The highest BCUT2D eigenvalue weighted by Crippen LogP contribution is 2.23. The molecule has 0 aromatic carbocycles. The number of nitriles is 1. The van der Waals surface area contributed by atoms with Crippen molar-refractivity contribution in [2.24, 2.45) is 5.41 Å². The summed E-state index contributed by atoms with van der Waals surface area (Å²) in [6.45, 7) is 5.84. The van der Waals surface area contributed by atoms with Crippen LogP contribution in [0.3, 0.4) is 0 Å². The minimum Gasteiger partial charge on any atom is -0.367 e. The first-order chi connectivity index (χ1) is 7.86. The van der Waals surface area contributed by atoms with Crippen LogP contribution in [-0.4, -0.2) is 29.4 Å². The van der Waals surface area contributed by atoms with Gasteiger partial charge in [-0.15, -0.1) is 5.06 Å². The lowest BCUT2D eigenvalue weighted by Crippen LogP contribution is -2.40. The molecular formula is C12H18N2O3. The SMILES string of the molecule is CC(C)(C)C(=O)ON1CCCC1C(=O)CC#N. The van der Waals surface area contributed by atoms with Crippen molar-refractivity contribution < 1.29 is 14.4 Å². The highest BCUT2D eigenvalue weighted by atomic mass is 16.7. The Bertz CT molecular complexity index is 352. The maximum absolute atomic E-state index is 11.7. The van der Waals surface area contributed by atoms with Crippen LogP contribution in [0.5, 0.6) is 0 Å². The first kappa shape index (κ1) is 13.7. The number of hydrogen-bond acceptors (Lipinski definition) is 5. The van der Waals surface area contributed by atoms with Crippen LogP contribution in [-0.2, 0) is 14.4 Å². The summed E-state index contributed by atoms with van der Waals surface area (Å²) in [5.74, 6) is -0.527. The third-order valence-electron chi connectivity index (χ3n) is 2.64. The molecule has 0 saturated carbocycles. The van der Waals surface area contributed by atoms with Crippen LogP contribution in [0.2, 0.25) is 0 Å². The van der Waals surface area contributed by atoms with Gasteiger partial charge in [0.1, 0.15) is 6.04 Å². The Hall–Kier alpha value is -1.41. The molecule has 1 unspecified atom stereocenters. The van der Waals surface area contributed by atoms with Gasteiger partial charge in [0.05, 0.1) is 17.9 Å². The summed E-state index contributed by atoms with van der Waals surface area (Å²) < 4.78 is 0. The number of rotatable bonds is 3. The summed E-state index contributed by atoms with van der Waals surface area (Å²) in [6.07, 6.45) is 1.32. The van der Waals surface area contributed by atoms with Gasteiger partial charge in [-0.3, -0.25) is 4.79 Å². The number of Topliss-reactive ketones (excluding diaryl/α,β-unsaturated/α-hetero) is 1. The largest absolute Gasteiger partial charge is 0.367 e. The van der Waals surface area contributed by atoms with E-state index in [1.54, 1.807) is 20.8 Å². The van der Waals surface area contributed by atoms with Crippen LogP contribution in [0.15, 0.2) is 0 Å². The van der Waals surface area contributed by atoms with Gasteiger partial charge in [0, 0.05) is 6.54 Å². The maximum atomic E-state index is 11.7. The average Bonchev–Trinajstić information content (AvgIpc) is 2.64. The Labute approximate surface area is 101 Å². The zero-order valence-corrected chi connectivity index (χ0v) is 10.5. The summed E-state index contributed by atoms with van der Waals surface area (Å²) in [6, 6.07) is 1.39. The molecule has 0 aromatic heterocycles. The van der Waals surface area contributed by atoms with Crippen LogP contribution >= 0.6 is 0 Å². The van der Waals surface area contributed by atoms with Crippen molar-refractivity contribution in [2.75, 3.05) is 6.54 Å². The van der Waals surface area contributed by atoms with Gasteiger partial charge in [-0.25, -0.2) is 4.79 Å². The zero-order valence-electron chi connectivity index (χ0n) is 10.5. The highest BCUT2D eigenvalue weighted by Gasteiger charge is 2.35. The quantitative estimate of drug-likeness (QED) is 0.744. The standard InChI is InChI=1S/C12H18N2O3/c1-12(2,3)11(16)17-14-8-4-5-9(14)10(15)6-7-13/h9H,4-6,8H2,1-3H3. The first-order valence-corrected chi connectivity index (χ1v) is 5.75. The fraction of sp³-hybridized carbons (Fsp3) is 0.750. The average molecular weight is 238 g/mol. The molecule has 1 aliphatic heterocycles. The van der Waals surface area contributed by atoms with Gasteiger partial charge in [0.2, 0.25) is 0 Å². The molecule has 0 aliphatic carbocycles. The monoisotopic (exact) mass is 238 g/mol. The molecule has 1 aliphatic rings. The lowest BCUT2D eigenvalue weighted by atomic mass is 9.98. The van der Waals surface area contributed by atoms with E-state index in [0.717, 1.165) is 6.42 Å². The summed E-state index contributed by atoms with van der Waals surface area (Å²) in [5.41, 5.74) is -0.592. The third-order valence-corrected chi connectivity index (χ3v) is 2.64. The van der Waals surface area contributed by atoms with Gasteiger partial charge in [-0.1, -0.05) is 0 Å². The van der Waals surface area contributed by atoms with Crippen LogP contribution < -0.4 is 0 Å². The lowest BCUT2D eigenvalue weighted by Gasteiger charge is -2.25. The van der Waals surface area contributed by atoms with Crippen molar-refractivity contribution in [3.05, 3.63) is 0 Å². The van der Waals surface area contributed by atoms with Gasteiger partial charge < -0.3 is 4.84 Å². The van der Waals surface area contributed by atoms with Gasteiger partial charge >= 0.3 is 5.97 Å². The minimum absolute atomic E-state index is 0.131. The Kier molecular flexibility index (Phi) is 4.24. The van der Waals surface area contributed by atoms with Crippen LogP contribution in [0, 0.1) is 16.7 Å². The molecule has 1 fully saturated rings. The Morgan fingerprint density at radius 2 is 2.12 bits per heavy atom. The van der Waals surface area contributed by atoms with E-state index in [0.29, 0.717) is 13.0 Å². The molecule has 0 radical (unpaired) electrons. The number of carbonyl (C=O) groups excluding carboxylic acids is 2. The van der Waals surface area contributed by atoms with Crippen molar-refractivity contribution in [3.63, 3.8) is 0 Å². The van der Waals surface area contributed by atoms with E-state index in [2.05, 4.69) is 0 Å². The van der Waals surface area contributed by atoms with E-state index >= 15 is 0 Å². The van der Waals surface area contributed by atoms with Crippen molar-refractivity contribution in [1.82, 2.24) is 5.06 Å². The maximum Gasteiger partial charge on any atom is 0.330 e.